The third kappa shape index (κ3) is 3.10. The van der Waals surface area contributed by atoms with Gasteiger partial charge in [-0.2, -0.15) is 0 Å². The van der Waals surface area contributed by atoms with E-state index in [0.29, 0.717) is 26.2 Å². The lowest BCUT2D eigenvalue weighted by Gasteiger charge is -2.48. The van der Waals surface area contributed by atoms with Gasteiger partial charge in [0.1, 0.15) is 0 Å². The molecule has 1 aromatic heterocycles. The van der Waals surface area contributed by atoms with Gasteiger partial charge in [-0.15, -0.1) is 11.3 Å². The standard InChI is InChI=1S/C13H20N2O2S/c1-10(2)13(17)8-15(9-13)7-12(16)14-6-11-4-3-5-18-11/h3-5,10,17H,6-9H2,1-2H3,(H,14,16). The van der Waals surface area contributed by atoms with E-state index in [1.54, 1.807) is 11.3 Å². The lowest BCUT2D eigenvalue weighted by molar-refractivity contribution is -0.142. The number of rotatable bonds is 5. The summed E-state index contributed by atoms with van der Waals surface area (Å²) in [6.45, 7) is 6.18. The Labute approximate surface area is 112 Å². The average molecular weight is 268 g/mol. The molecule has 2 rings (SSSR count). The molecule has 0 saturated carbocycles. The summed E-state index contributed by atoms with van der Waals surface area (Å²) < 4.78 is 0. The van der Waals surface area contributed by atoms with Crippen molar-refractivity contribution in [3.63, 3.8) is 0 Å². The van der Waals surface area contributed by atoms with Gasteiger partial charge in [0.05, 0.1) is 18.7 Å². The first-order valence-electron chi connectivity index (χ1n) is 6.23. The lowest BCUT2D eigenvalue weighted by Crippen LogP contribution is -2.65. The van der Waals surface area contributed by atoms with Crippen LogP contribution in [-0.4, -0.2) is 41.1 Å². The monoisotopic (exact) mass is 268 g/mol. The van der Waals surface area contributed by atoms with Crippen molar-refractivity contribution in [1.29, 1.82) is 0 Å². The van der Waals surface area contributed by atoms with E-state index < -0.39 is 5.60 Å². The zero-order valence-electron chi connectivity index (χ0n) is 10.8. The van der Waals surface area contributed by atoms with Crippen LogP contribution < -0.4 is 5.32 Å². The van der Waals surface area contributed by atoms with Gasteiger partial charge in [0, 0.05) is 18.0 Å². The number of nitrogens with zero attached hydrogens (tertiary/aromatic N) is 1. The molecule has 2 heterocycles. The van der Waals surface area contributed by atoms with Crippen molar-refractivity contribution in [2.45, 2.75) is 26.0 Å². The molecule has 0 bridgehead atoms. The van der Waals surface area contributed by atoms with Gasteiger partial charge in [-0.3, -0.25) is 9.69 Å². The van der Waals surface area contributed by atoms with E-state index >= 15 is 0 Å². The maximum absolute atomic E-state index is 11.7. The predicted octanol–water partition coefficient (Wildman–Crippen LogP) is 1.07. The largest absolute Gasteiger partial charge is 0.387 e. The van der Waals surface area contributed by atoms with Crippen LogP contribution in [-0.2, 0) is 11.3 Å². The quantitative estimate of drug-likeness (QED) is 0.840. The Morgan fingerprint density at radius 3 is 2.89 bits per heavy atom. The minimum atomic E-state index is -0.603. The number of amides is 1. The third-order valence-electron chi connectivity index (χ3n) is 3.48. The highest BCUT2D eigenvalue weighted by atomic mass is 32.1. The second-order valence-electron chi connectivity index (χ2n) is 5.26. The average Bonchev–Trinajstić information content (AvgIpc) is 2.76. The maximum atomic E-state index is 11.7. The summed E-state index contributed by atoms with van der Waals surface area (Å²) in [4.78, 5) is 14.8. The number of nitrogens with one attached hydrogen (secondary N) is 1. The van der Waals surface area contributed by atoms with Gasteiger partial charge >= 0.3 is 0 Å². The summed E-state index contributed by atoms with van der Waals surface area (Å²) in [6, 6.07) is 3.98. The minimum Gasteiger partial charge on any atom is -0.387 e. The van der Waals surface area contributed by atoms with E-state index in [2.05, 4.69) is 5.32 Å². The summed E-state index contributed by atoms with van der Waals surface area (Å²) in [5.74, 6) is 0.261. The number of carbonyl (C=O) groups is 1. The van der Waals surface area contributed by atoms with Gasteiger partial charge in [-0.1, -0.05) is 19.9 Å². The molecule has 1 saturated heterocycles. The highest BCUT2D eigenvalue weighted by Crippen LogP contribution is 2.27. The fourth-order valence-corrected chi connectivity index (χ4v) is 2.71. The highest BCUT2D eigenvalue weighted by molar-refractivity contribution is 7.09. The minimum absolute atomic E-state index is 0.0224. The van der Waals surface area contributed by atoms with Gasteiger partial charge in [0.25, 0.3) is 0 Å². The van der Waals surface area contributed by atoms with Crippen molar-refractivity contribution in [3.8, 4) is 0 Å². The molecule has 0 unspecified atom stereocenters. The Kier molecular flexibility index (Phi) is 4.04. The highest BCUT2D eigenvalue weighted by Gasteiger charge is 2.43. The molecule has 1 aliphatic heterocycles. The molecule has 5 heteroatoms. The molecule has 100 valence electrons. The molecule has 1 fully saturated rings. The van der Waals surface area contributed by atoms with E-state index in [-0.39, 0.29) is 11.8 Å². The van der Waals surface area contributed by atoms with E-state index in [1.165, 1.54) is 0 Å². The van der Waals surface area contributed by atoms with Gasteiger partial charge in [0.15, 0.2) is 0 Å². The van der Waals surface area contributed by atoms with Crippen LogP contribution in [0, 0.1) is 5.92 Å². The summed E-state index contributed by atoms with van der Waals surface area (Å²) in [6.07, 6.45) is 0. The Hall–Kier alpha value is -0.910. The van der Waals surface area contributed by atoms with Gasteiger partial charge < -0.3 is 10.4 Å². The number of thiophene rings is 1. The fourth-order valence-electron chi connectivity index (χ4n) is 2.06. The SMILES string of the molecule is CC(C)C1(O)CN(CC(=O)NCc2cccs2)C1. The van der Waals surface area contributed by atoms with Crippen LogP contribution in [0.5, 0.6) is 0 Å². The number of likely N-dealkylation sites (tertiary alicyclic amines) is 1. The van der Waals surface area contributed by atoms with Crippen LogP contribution >= 0.6 is 11.3 Å². The third-order valence-corrected chi connectivity index (χ3v) is 4.35. The maximum Gasteiger partial charge on any atom is 0.234 e. The molecule has 0 aromatic carbocycles. The van der Waals surface area contributed by atoms with Gasteiger partial charge in [-0.05, 0) is 17.4 Å². The van der Waals surface area contributed by atoms with Crippen LogP contribution in [0.2, 0.25) is 0 Å². The molecular formula is C13H20N2O2S. The zero-order chi connectivity index (χ0) is 13.2. The zero-order valence-corrected chi connectivity index (χ0v) is 11.7. The first-order chi connectivity index (χ1) is 8.49. The van der Waals surface area contributed by atoms with Crippen LogP contribution in [0.4, 0.5) is 0 Å². The summed E-state index contributed by atoms with van der Waals surface area (Å²) in [5, 5.41) is 15.0. The Morgan fingerprint density at radius 2 is 2.33 bits per heavy atom. The Bertz CT molecular complexity index is 397. The number of carbonyl (C=O) groups excluding carboxylic acids is 1. The summed E-state index contributed by atoms with van der Waals surface area (Å²) in [7, 11) is 0. The van der Waals surface area contributed by atoms with Crippen molar-refractivity contribution in [2.75, 3.05) is 19.6 Å². The fraction of sp³-hybridized carbons (Fsp3) is 0.615. The molecule has 0 radical (unpaired) electrons. The molecule has 4 nitrogen and oxygen atoms in total. The van der Waals surface area contributed by atoms with E-state index in [1.807, 2.05) is 36.3 Å². The molecule has 0 spiro atoms. The van der Waals surface area contributed by atoms with Crippen molar-refractivity contribution in [3.05, 3.63) is 22.4 Å². The molecule has 1 aliphatic rings. The summed E-state index contributed by atoms with van der Waals surface area (Å²) >= 11 is 1.64. The Morgan fingerprint density at radius 1 is 1.61 bits per heavy atom. The number of β-amino-alcohol motifs (C(OH)–C–C–N with tert-alkyl or cyclic N) is 1. The van der Waals surface area contributed by atoms with Crippen molar-refractivity contribution in [1.82, 2.24) is 10.2 Å². The number of hydrogen-bond donors (Lipinski definition) is 2. The van der Waals surface area contributed by atoms with Crippen molar-refractivity contribution < 1.29 is 9.90 Å². The summed E-state index contributed by atoms with van der Waals surface area (Å²) in [5.41, 5.74) is -0.603. The normalized spacial score (nSPS) is 18.7. The lowest BCUT2D eigenvalue weighted by atomic mass is 9.83. The molecule has 0 aliphatic carbocycles. The molecule has 1 aromatic rings. The molecule has 0 atom stereocenters. The van der Waals surface area contributed by atoms with Crippen LogP contribution in [0.15, 0.2) is 17.5 Å². The van der Waals surface area contributed by atoms with E-state index in [9.17, 15) is 9.90 Å². The van der Waals surface area contributed by atoms with Crippen LogP contribution in [0.25, 0.3) is 0 Å². The van der Waals surface area contributed by atoms with E-state index in [4.69, 9.17) is 0 Å². The number of hydrogen-bond acceptors (Lipinski definition) is 4. The molecule has 18 heavy (non-hydrogen) atoms. The first-order valence-corrected chi connectivity index (χ1v) is 7.11. The van der Waals surface area contributed by atoms with E-state index in [0.717, 1.165) is 4.88 Å². The molecular weight excluding hydrogens is 248 g/mol. The van der Waals surface area contributed by atoms with Gasteiger partial charge in [0.2, 0.25) is 5.91 Å². The van der Waals surface area contributed by atoms with Crippen LogP contribution in [0.1, 0.15) is 18.7 Å². The Balaban J connectivity index is 1.67. The molecule has 1 amide bonds. The van der Waals surface area contributed by atoms with Crippen LogP contribution in [0.3, 0.4) is 0 Å². The van der Waals surface area contributed by atoms with Crippen molar-refractivity contribution in [2.24, 2.45) is 5.92 Å². The predicted molar refractivity (Wildman–Crippen MR) is 72.4 cm³/mol. The second kappa shape index (κ2) is 5.38. The smallest absolute Gasteiger partial charge is 0.234 e. The molecule has 2 N–H and O–H groups in total. The number of aliphatic hydroxyl groups is 1. The van der Waals surface area contributed by atoms with Crippen molar-refractivity contribution >= 4 is 17.2 Å². The first kappa shape index (κ1) is 13.5. The topological polar surface area (TPSA) is 52.6 Å². The second-order valence-corrected chi connectivity index (χ2v) is 6.29. The van der Waals surface area contributed by atoms with Gasteiger partial charge in [-0.25, -0.2) is 0 Å².